The van der Waals surface area contributed by atoms with Crippen molar-refractivity contribution in [2.24, 2.45) is 0 Å². The number of rotatable bonds is 1. The van der Waals surface area contributed by atoms with Crippen LogP contribution in [0.3, 0.4) is 0 Å². The summed E-state index contributed by atoms with van der Waals surface area (Å²) in [6.45, 7) is 1.92. The molecule has 0 aromatic carbocycles. The van der Waals surface area contributed by atoms with E-state index in [2.05, 4.69) is 25.1 Å². The fourth-order valence-corrected chi connectivity index (χ4v) is 1.82. The number of nitrogens with zero attached hydrogens (tertiary/aromatic N) is 4. The van der Waals surface area contributed by atoms with Crippen LogP contribution >= 0.6 is 0 Å². The molecule has 17 heavy (non-hydrogen) atoms. The second kappa shape index (κ2) is 3.51. The highest BCUT2D eigenvalue weighted by Gasteiger charge is 2.11. The van der Waals surface area contributed by atoms with E-state index in [-0.39, 0.29) is 0 Å². The number of nitrogens with two attached hydrogens (primary N) is 1. The molecule has 84 valence electrons. The maximum absolute atomic E-state index is 5.67. The molecular weight excluding hydrogens is 216 g/mol. The van der Waals surface area contributed by atoms with Crippen LogP contribution in [0.1, 0.15) is 5.69 Å². The fourth-order valence-electron chi connectivity index (χ4n) is 1.82. The van der Waals surface area contributed by atoms with Gasteiger partial charge in [-0.25, -0.2) is 15.0 Å². The van der Waals surface area contributed by atoms with Crippen molar-refractivity contribution in [3.8, 4) is 11.3 Å². The zero-order chi connectivity index (χ0) is 11.8. The molecule has 0 bridgehead atoms. The Hall–Kier alpha value is -2.50. The highest BCUT2D eigenvalue weighted by atomic mass is 15.2. The van der Waals surface area contributed by atoms with E-state index >= 15 is 0 Å². The second-order valence-electron chi connectivity index (χ2n) is 3.73. The highest BCUT2D eigenvalue weighted by molar-refractivity contribution is 5.92. The van der Waals surface area contributed by atoms with Gasteiger partial charge in [-0.2, -0.15) is 5.10 Å². The molecule has 0 amide bonds. The van der Waals surface area contributed by atoms with E-state index in [0.717, 1.165) is 22.3 Å². The first-order valence-electron chi connectivity index (χ1n) is 5.13. The number of nitrogens with one attached hydrogen (secondary N) is 1. The van der Waals surface area contributed by atoms with E-state index in [1.165, 1.54) is 6.33 Å². The highest BCUT2D eigenvalue weighted by Crippen LogP contribution is 2.26. The molecule has 0 atom stereocenters. The maximum Gasteiger partial charge on any atom is 0.184 e. The van der Waals surface area contributed by atoms with Crippen LogP contribution in [0.15, 0.2) is 24.7 Å². The average Bonchev–Trinajstić information content (AvgIpc) is 2.74. The van der Waals surface area contributed by atoms with Crippen molar-refractivity contribution in [1.29, 1.82) is 0 Å². The number of pyridine rings is 1. The summed E-state index contributed by atoms with van der Waals surface area (Å²) in [7, 11) is 0. The van der Waals surface area contributed by atoms with Crippen molar-refractivity contribution in [2.75, 3.05) is 5.73 Å². The van der Waals surface area contributed by atoms with Gasteiger partial charge in [0.05, 0.1) is 16.8 Å². The van der Waals surface area contributed by atoms with Gasteiger partial charge < -0.3 is 5.73 Å². The van der Waals surface area contributed by atoms with E-state index in [1.54, 1.807) is 12.3 Å². The average molecular weight is 226 g/mol. The molecule has 3 N–H and O–H groups in total. The van der Waals surface area contributed by atoms with E-state index in [4.69, 9.17) is 5.73 Å². The largest absolute Gasteiger partial charge is 0.384 e. The van der Waals surface area contributed by atoms with Crippen LogP contribution in [0.25, 0.3) is 22.3 Å². The summed E-state index contributed by atoms with van der Waals surface area (Å²) >= 11 is 0. The number of aryl methyl sites for hydroxylation is 1. The molecule has 3 aromatic rings. The van der Waals surface area contributed by atoms with Crippen molar-refractivity contribution in [2.45, 2.75) is 6.92 Å². The quantitative estimate of drug-likeness (QED) is 0.652. The molecule has 0 unspecified atom stereocenters. The smallest absolute Gasteiger partial charge is 0.184 e. The Balaban J connectivity index is 2.31. The molecule has 3 heterocycles. The van der Waals surface area contributed by atoms with Gasteiger partial charge in [-0.1, -0.05) is 0 Å². The third-order valence-electron chi connectivity index (χ3n) is 2.61. The van der Waals surface area contributed by atoms with E-state index < -0.39 is 0 Å². The number of nitrogen functional groups attached to an aromatic ring is 1. The van der Waals surface area contributed by atoms with Crippen LogP contribution in [0.2, 0.25) is 0 Å². The van der Waals surface area contributed by atoms with Crippen molar-refractivity contribution in [3.63, 3.8) is 0 Å². The minimum absolute atomic E-state index is 0.472. The lowest BCUT2D eigenvalue weighted by atomic mass is 10.1. The van der Waals surface area contributed by atoms with Gasteiger partial charge in [-0.05, 0) is 19.1 Å². The Labute approximate surface area is 96.9 Å². The Morgan fingerprint density at radius 3 is 2.94 bits per heavy atom. The number of aromatic nitrogens is 5. The van der Waals surface area contributed by atoms with E-state index in [0.29, 0.717) is 11.5 Å². The Kier molecular flexibility index (Phi) is 2.01. The summed E-state index contributed by atoms with van der Waals surface area (Å²) in [5.74, 6) is 0.472. The van der Waals surface area contributed by atoms with Crippen LogP contribution in [-0.2, 0) is 0 Å². The summed E-state index contributed by atoms with van der Waals surface area (Å²) < 4.78 is 0. The van der Waals surface area contributed by atoms with Crippen molar-refractivity contribution < 1.29 is 0 Å². The minimum atomic E-state index is 0.472. The van der Waals surface area contributed by atoms with E-state index in [9.17, 15) is 0 Å². The summed E-state index contributed by atoms with van der Waals surface area (Å²) in [6, 6.07) is 3.66. The number of anilines is 1. The van der Waals surface area contributed by atoms with Gasteiger partial charge in [0.1, 0.15) is 12.1 Å². The molecule has 0 fully saturated rings. The predicted octanol–water partition coefficient (Wildman–Crippen LogP) is 1.31. The third kappa shape index (κ3) is 1.50. The molecule has 0 aliphatic carbocycles. The second-order valence-corrected chi connectivity index (χ2v) is 3.73. The monoisotopic (exact) mass is 226 g/mol. The molecular formula is C11H10N6. The van der Waals surface area contributed by atoms with Crippen molar-refractivity contribution >= 4 is 16.9 Å². The number of fused-ring (bicyclic) bond motifs is 1. The summed E-state index contributed by atoms with van der Waals surface area (Å²) in [5.41, 5.74) is 9.01. The molecule has 6 heteroatoms. The van der Waals surface area contributed by atoms with Gasteiger partial charge >= 0.3 is 0 Å². The Morgan fingerprint density at radius 1 is 1.24 bits per heavy atom. The van der Waals surface area contributed by atoms with Gasteiger partial charge in [0.25, 0.3) is 0 Å². The first kappa shape index (κ1) is 9.71. The first-order chi connectivity index (χ1) is 8.25. The molecule has 3 rings (SSSR count). The zero-order valence-electron chi connectivity index (χ0n) is 9.18. The van der Waals surface area contributed by atoms with Gasteiger partial charge in [0.15, 0.2) is 5.65 Å². The van der Waals surface area contributed by atoms with Crippen LogP contribution in [-0.4, -0.2) is 25.1 Å². The fraction of sp³-hybridized carbons (Fsp3) is 0.0909. The molecule has 0 aliphatic rings. The molecule has 0 aliphatic heterocycles. The lowest BCUT2D eigenvalue weighted by Crippen LogP contribution is -1.90. The lowest BCUT2D eigenvalue weighted by molar-refractivity contribution is 1.08. The lowest BCUT2D eigenvalue weighted by Gasteiger charge is -2.00. The Morgan fingerprint density at radius 2 is 2.12 bits per heavy atom. The zero-order valence-corrected chi connectivity index (χ0v) is 9.18. The van der Waals surface area contributed by atoms with E-state index in [1.807, 2.05) is 13.0 Å². The summed E-state index contributed by atoms with van der Waals surface area (Å²) in [5, 5.41) is 8.03. The molecule has 0 saturated heterocycles. The Bertz CT molecular complexity index is 687. The SMILES string of the molecule is Cc1ncnc2n[nH]c(-c3ccnc(N)c3)c12. The normalized spacial score (nSPS) is 10.9. The molecule has 3 aromatic heterocycles. The third-order valence-corrected chi connectivity index (χ3v) is 2.61. The molecule has 0 spiro atoms. The van der Waals surface area contributed by atoms with Crippen LogP contribution < -0.4 is 5.73 Å². The van der Waals surface area contributed by atoms with Gasteiger partial charge in [0.2, 0.25) is 0 Å². The maximum atomic E-state index is 5.67. The van der Waals surface area contributed by atoms with Gasteiger partial charge in [0, 0.05) is 11.8 Å². The standard InChI is InChI=1S/C11H10N6/c1-6-9-10(7-2-3-13-8(12)4-7)16-17-11(9)15-5-14-6/h2-5H,1H3,(H2,12,13)(H,14,15,16,17). The molecule has 0 radical (unpaired) electrons. The molecule has 6 nitrogen and oxygen atoms in total. The predicted molar refractivity (Wildman–Crippen MR) is 64.1 cm³/mol. The summed E-state index contributed by atoms with van der Waals surface area (Å²) in [4.78, 5) is 12.2. The van der Waals surface area contributed by atoms with Crippen LogP contribution in [0.5, 0.6) is 0 Å². The summed E-state index contributed by atoms with van der Waals surface area (Å²) in [6.07, 6.45) is 3.17. The van der Waals surface area contributed by atoms with Crippen molar-refractivity contribution in [1.82, 2.24) is 25.1 Å². The van der Waals surface area contributed by atoms with Gasteiger partial charge in [-0.15, -0.1) is 0 Å². The minimum Gasteiger partial charge on any atom is -0.384 e. The van der Waals surface area contributed by atoms with Crippen LogP contribution in [0.4, 0.5) is 5.82 Å². The van der Waals surface area contributed by atoms with Crippen LogP contribution in [0, 0.1) is 6.92 Å². The number of H-pyrrole nitrogens is 1. The van der Waals surface area contributed by atoms with Crippen molar-refractivity contribution in [3.05, 3.63) is 30.4 Å². The topological polar surface area (TPSA) is 93.4 Å². The number of aromatic amines is 1. The number of hydrogen-bond acceptors (Lipinski definition) is 5. The first-order valence-corrected chi connectivity index (χ1v) is 5.13. The van der Waals surface area contributed by atoms with Gasteiger partial charge in [-0.3, -0.25) is 5.10 Å². The molecule has 0 saturated carbocycles. The number of hydrogen-bond donors (Lipinski definition) is 2.